The van der Waals surface area contributed by atoms with Gasteiger partial charge in [0.2, 0.25) is 0 Å². The third-order valence-electron chi connectivity index (χ3n) is 6.32. The van der Waals surface area contributed by atoms with Crippen LogP contribution in [0.1, 0.15) is 76.3 Å². The summed E-state index contributed by atoms with van der Waals surface area (Å²) in [5.74, 6) is 0.407. The summed E-state index contributed by atoms with van der Waals surface area (Å²) in [5.41, 5.74) is 3.80. The van der Waals surface area contributed by atoms with Crippen LogP contribution in [-0.2, 0) is 0 Å². The average molecular weight is 391 g/mol. The smallest absolute Gasteiger partial charge is 0.253 e. The van der Waals surface area contributed by atoms with E-state index in [9.17, 15) is 9.59 Å². The van der Waals surface area contributed by atoms with Crippen LogP contribution in [0.25, 0.3) is 0 Å². The van der Waals surface area contributed by atoms with Crippen LogP contribution < -0.4 is 5.32 Å². The van der Waals surface area contributed by atoms with Gasteiger partial charge in [-0.15, -0.1) is 0 Å². The van der Waals surface area contributed by atoms with Gasteiger partial charge < -0.3 is 10.2 Å². The highest BCUT2D eigenvalue weighted by molar-refractivity contribution is 5.95. The van der Waals surface area contributed by atoms with Crippen molar-refractivity contribution < 1.29 is 9.59 Å². The highest BCUT2D eigenvalue weighted by Crippen LogP contribution is 2.28. The fourth-order valence-corrected chi connectivity index (χ4v) is 4.59. The Hall–Kier alpha value is -2.62. The Labute approximate surface area is 173 Å². The molecule has 29 heavy (non-hydrogen) atoms. The first-order valence-corrected chi connectivity index (χ1v) is 10.9. The number of nitrogens with zero attached hydrogens (tertiary/aromatic N) is 1. The van der Waals surface area contributed by atoms with Crippen LogP contribution in [0.5, 0.6) is 0 Å². The second-order valence-electron chi connectivity index (χ2n) is 8.54. The normalized spacial score (nSPS) is 19.9. The number of hydrogen-bond donors (Lipinski definition) is 1. The van der Waals surface area contributed by atoms with Crippen LogP contribution in [0.3, 0.4) is 0 Å². The van der Waals surface area contributed by atoms with Crippen molar-refractivity contribution >= 4 is 11.8 Å². The molecule has 0 radical (unpaired) electrons. The molecule has 2 aromatic carbocycles. The van der Waals surface area contributed by atoms with Gasteiger partial charge in [-0.2, -0.15) is 0 Å². The summed E-state index contributed by atoms with van der Waals surface area (Å²) >= 11 is 0. The summed E-state index contributed by atoms with van der Waals surface area (Å²) in [5, 5.41) is 3.17. The minimum Gasteiger partial charge on any atom is -0.349 e. The number of hydrogen-bond acceptors (Lipinski definition) is 2. The van der Waals surface area contributed by atoms with Crippen LogP contribution in [0.2, 0.25) is 0 Å². The Balaban J connectivity index is 1.44. The van der Waals surface area contributed by atoms with E-state index in [1.165, 1.54) is 12.8 Å². The van der Waals surface area contributed by atoms with E-state index in [0.717, 1.165) is 54.5 Å². The molecule has 0 spiro atoms. The Kier molecular flexibility index (Phi) is 5.98. The van der Waals surface area contributed by atoms with Crippen LogP contribution in [0.15, 0.2) is 48.5 Å². The molecule has 4 rings (SSSR count). The number of aryl methyl sites for hydroxylation is 1. The first-order valence-electron chi connectivity index (χ1n) is 10.9. The topological polar surface area (TPSA) is 49.4 Å². The number of carbonyl (C=O) groups is 2. The minimum absolute atomic E-state index is 0.0298. The van der Waals surface area contributed by atoms with Crippen molar-refractivity contribution in [1.29, 1.82) is 0 Å². The SMILES string of the molecule is Cc1ccc(C(=O)N2CCCC(c3cccc(C(=O)NC4CCCC4)c3)C2)cc1. The third kappa shape index (κ3) is 4.69. The number of nitrogens with one attached hydrogen (secondary N) is 1. The molecule has 0 bridgehead atoms. The zero-order chi connectivity index (χ0) is 20.2. The van der Waals surface area contributed by atoms with Crippen molar-refractivity contribution in [2.75, 3.05) is 13.1 Å². The molecule has 4 nitrogen and oxygen atoms in total. The predicted octanol–water partition coefficient (Wildman–Crippen LogP) is 4.69. The Bertz CT molecular complexity index is 869. The van der Waals surface area contributed by atoms with Gasteiger partial charge in [-0.05, 0) is 62.4 Å². The zero-order valence-corrected chi connectivity index (χ0v) is 17.2. The molecule has 4 heteroatoms. The maximum atomic E-state index is 12.9. The molecule has 2 fully saturated rings. The highest BCUT2D eigenvalue weighted by Gasteiger charge is 2.26. The largest absolute Gasteiger partial charge is 0.349 e. The lowest BCUT2D eigenvalue weighted by Gasteiger charge is -2.33. The van der Waals surface area contributed by atoms with Gasteiger partial charge in [0.25, 0.3) is 11.8 Å². The third-order valence-corrected chi connectivity index (χ3v) is 6.32. The molecule has 1 aliphatic carbocycles. The molecular formula is C25H30N2O2. The molecule has 1 unspecified atom stereocenters. The van der Waals surface area contributed by atoms with Gasteiger partial charge in [0, 0.05) is 36.2 Å². The Morgan fingerprint density at radius 3 is 2.45 bits per heavy atom. The van der Waals surface area contributed by atoms with Gasteiger partial charge in [0.15, 0.2) is 0 Å². The molecule has 1 saturated heterocycles. The number of amides is 2. The van der Waals surface area contributed by atoms with Gasteiger partial charge in [0.05, 0.1) is 0 Å². The number of piperidine rings is 1. The van der Waals surface area contributed by atoms with E-state index in [-0.39, 0.29) is 17.7 Å². The van der Waals surface area contributed by atoms with E-state index in [1.54, 1.807) is 0 Å². The monoisotopic (exact) mass is 390 g/mol. The maximum absolute atomic E-state index is 12.9. The van der Waals surface area contributed by atoms with E-state index < -0.39 is 0 Å². The predicted molar refractivity (Wildman–Crippen MR) is 115 cm³/mol. The molecule has 2 aromatic rings. The van der Waals surface area contributed by atoms with Crippen LogP contribution in [0.4, 0.5) is 0 Å². The molecule has 1 aliphatic heterocycles. The fourth-order valence-electron chi connectivity index (χ4n) is 4.59. The van der Waals surface area contributed by atoms with Crippen molar-refractivity contribution in [3.05, 3.63) is 70.8 Å². The minimum atomic E-state index is 0.0298. The van der Waals surface area contributed by atoms with Crippen molar-refractivity contribution in [3.8, 4) is 0 Å². The van der Waals surface area contributed by atoms with E-state index >= 15 is 0 Å². The van der Waals surface area contributed by atoms with E-state index in [1.807, 2.05) is 54.3 Å². The van der Waals surface area contributed by atoms with Gasteiger partial charge in [0.1, 0.15) is 0 Å². The highest BCUT2D eigenvalue weighted by atomic mass is 16.2. The maximum Gasteiger partial charge on any atom is 0.253 e. The molecule has 152 valence electrons. The first-order chi connectivity index (χ1) is 14.1. The number of carbonyl (C=O) groups excluding carboxylic acids is 2. The summed E-state index contributed by atoms with van der Waals surface area (Å²) in [7, 11) is 0. The molecule has 1 saturated carbocycles. The summed E-state index contributed by atoms with van der Waals surface area (Å²) < 4.78 is 0. The second-order valence-corrected chi connectivity index (χ2v) is 8.54. The summed E-state index contributed by atoms with van der Waals surface area (Å²) in [6.45, 7) is 3.53. The molecule has 1 atom stereocenters. The second kappa shape index (κ2) is 8.81. The van der Waals surface area contributed by atoms with Crippen molar-refractivity contribution in [2.45, 2.75) is 57.4 Å². The molecule has 0 aromatic heterocycles. The molecule has 2 amide bonds. The standard InChI is InChI=1S/C25H30N2O2/c1-18-11-13-19(14-12-18)25(29)27-15-5-8-22(17-27)20-6-4-7-21(16-20)24(28)26-23-9-2-3-10-23/h4,6-7,11-14,16,22-23H,2-3,5,8-10,15,17H2,1H3,(H,26,28). The first kappa shape index (κ1) is 19.7. The molecule has 1 N–H and O–H groups in total. The van der Waals surface area contributed by atoms with Gasteiger partial charge in [-0.3, -0.25) is 9.59 Å². The summed E-state index contributed by atoms with van der Waals surface area (Å²) in [4.78, 5) is 27.5. The summed E-state index contributed by atoms with van der Waals surface area (Å²) in [6.07, 6.45) is 6.62. The zero-order valence-electron chi connectivity index (χ0n) is 17.2. The lowest BCUT2D eigenvalue weighted by Crippen LogP contribution is -2.39. The van der Waals surface area contributed by atoms with Crippen LogP contribution >= 0.6 is 0 Å². The fraction of sp³-hybridized carbons (Fsp3) is 0.440. The summed E-state index contributed by atoms with van der Waals surface area (Å²) in [6, 6.07) is 16.1. The lowest BCUT2D eigenvalue weighted by molar-refractivity contribution is 0.0706. The Morgan fingerprint density at radius 2 is 1.69 bits per heavy atom. The number of likely N-dealkylation sites (tertiary alicyclic amines) is 1. The Morgan fingerprint density at radius 1 is 0.931 bits per heavy atom. The average Bonchev–Trinajstić information content (AvgIpc) is 3.27. The number of rotatable bonds is 4. The quantitative estimate of drug-likeness (QED) is 0.823. The van der Waals surface area contributed by atoms with E-state index in [2.05, 4.69) is 11.4 Å². The molecule has 2 aliphatic rings. The molecular weight excluding hydrogens is 360 g/mol. The van der Waals surface area contributed by atoms with Crippen molar-refractivity contribution in [1.82, 2.24) is 10.2 Å². The van der Waals surface area contributed by atoms with Gasteiger partial charge >= 0.3 is 0 Å². The van der Waals surface area contributed by atoms with E-state index in [0.29, 0.717) is 12.6 Å². The van der Waals surface area contributed by atoms with Gasteiger partial charge in [-0.25, -0.2) is 0 Å². The van der Waals surface area contributed by atoms with Crippen molar-refractivity contribution in [2.24, 2.45) is 0 Å². The lowest BCUT2D eigenvalue weighted by atomic mass is 9.89. The number of benzene rings is 2. The van der Waals surface area contributed by atoms with Crippen LogP contribution in [0, 0.1) is 6.92 Å². The molecule has 1 heterocycles. The van der Waals surface area contributed by atoms with E-state index in [4.69, 9.17) is 0 Å². The van der Waals surface area contributed by atoms with Crippen molar-refractivity contribution in [3.63, 3.8) is 0 Å². The van der Waals surface area contributed by atoms with Gasteiger partial charge in [-0.1, -0.05) is 42.7 Å². The van der Waals surface area contributed by atoms with Crippen LogP contribution in [-0.4, -0.2) is 35.8 Å².